The van der Waals surface area contributed by atoms with Crippen LogP contribution >= 0.6 is 0 Å². The lowest BCUT2D eigenvalue weighted by atomic mass is 10.1. The second-order valence-electron chi connectivity index (χ2n) is 5.41. The van der Waals surface area contributed by atoms with Gasteiger partial charge in [-0.25, -0.2) is 15.0 Å². The summed E-state index contributed by atoms with van der Waals surface area (Å²) in [4.78, 5) is 13.5. The van der Waals surface area contributed by atoms with E-state index in [4.69, 9.17) is 0 Å². The molecule has 2 aromatic heterocycles. The number of hydrogen-bond donors (Lipinski definition) is 1. The molecule has 0 radical (unpaired) electrons. The summed E-state index contributed by atoms with van der Waals surface area (Å²) in [6.45, 7) is 4.08. The molecule has 4 aromatic rings. The first-order chi connectivity index (χ1) is 10.6. The normalized spacial score (nSPS) is 11.4. The molecule has 0 unspecified atom stereocenters. The number of benzene rings is 2. The molecule has 22 heavy (non-hydrogen) atoms. The van der Waals surface area contributed by atoms with Crippen LogP contribution in [0.2, 0.25) is 0 Å². The molecule has 0 spiro atoms. The van der Waals surface area contributed by atoms with Gasteiger partial charge in [-0.15, -0.1) is 4.73 Å². The zero-order chi connectivity index (χ0) is 15.3. The fourth-order valence-corrected chi connectivity index (χ4v) is 2.53. The molecule has 1 N–H and O–H groups in total. The Balaban J connectivity index is 2.03. The van der Waals surface area contributed by atoms with Crippen LogP contribution in [0.15, 0.2) is 42.5 Å². The van der Waals surface area contributed by atoms with E-state index in [-0.39, 0.29) is 0 Å². The van der Waals surface area contributed by atoms with Crippen LogP contribution in [0.25, 0.3) is 33.7 Å². The van der Waals surface area contributed by atoms with Gasteiger partial charge in [-0.2, -0.15) is 0 Å². The van der Waals surface area contributed by atoms with Crippen LogP contribution in [-0.4, -0.2) is 24.9 Å². The zero-order valence-corrected chi connectivity index (χ0v) is 12.3. The Morgan fingerprint density at radius 1 is 0.864 bits per heavy atom. The summed E-state index contributed by atoms with van der Waals surface area (Å²) in [6, 6.07) is 13.5. The summed E-state index contributed by atoms with van der Waals surface area (Å²) >= 11 is 0. The van der Waals surface area contributed by atoms with Crippen molar-refractivity contribution in [1.29, 1.82) is 0 Å². The van der Waals surface area contributed by atoms with E-state index < -0.39 is 0 Å². The number of imidazole rings is 1. The van der Waals surface area contributed by atoms with Crippen LogP contribution < -0.4 is 0 Å². The van der Waals surface area contributed by atoms with Gasteiger partial charge in [0.1, 0.15) is 0 Å². The second-order valence-corrected chi connectivity index (χ2v) is 5.41. The summed E-state index contributed by atoms with van der Waals surface area (Å²) in [5.74, 6) is 0.444. The smallest absolute Gasteiger partial charge is 0.216 e. The standard InChI is InChI=1S/C17H14N4O/c1-10-8-13-14(9-11(10)2)19-17-15(18-13)20-16(21(17)22)12-6-4-3-5-7-12/h3-9,22H,1-2H3. The van der Waals surface area contributed by atoms with Gasteiger partial charge >= 0.3 is 0 Å². The highest BCUT2D eigenvalue weighted by molar-refractivity contribution is 5.85. The lowest BCUT2D eigenvalue weighted by molar-refractivity contribution is 0.201. The number of aromatic nitrogens is 4. The molecule has 2 aromatic carbocycles. The highest BCUT2D eigenvalue weighted by atomic mass is 16.5. The van der Waals surface area contributed by atoms with E-state index in [0.717, 1.165) is 32.5 Å². The Hall–Kier alpha value is -2.95. The van der Waals surface area contributed by atoms with Crippen LogP contribution in [0.1, 0.15) is 11.1 Å². The molecule has 5 nitrogen and oxygen atoms in total. The first-order valence-corrected chi connectivity index (χ1v) is 7.05. The Kier molecular flexibility index (Phi) is 2.63. The summed E-state index contributed by atoms with van der Waals surface area (Å²) < 4.78 is 1.01. The quantitative estimate of drug-likeness (QED) is 0.545. The first-order valence-electron chi connectivity index (χ1n) is 7.05. The Morgan fingerprint density at radius 3 is 2.18 bits per heavy atom. The number of hydrogen-bond acceptors (Lipinski definition) is 4. The summed E-state index contributed by atoms with van der Waals surface area (Å²) in [5, 5.41) is 10.4. The lowest BCUT2D eigenvalue weighted by Crippen LogP contribution is -1.96. The van der Waals surface area contributed by atoms with Crippen LogP contribution in [-0.2, 0) is 0 Å². The predicted octanol–water partition coefficient (Wildman–Crippen LogP) is 3.50. The van der Waals surface area contributed by atoms with Crippen molar-refractivity contribution >= 4 is 22.3 Å². The SMILES string of the molecule is Cc1cc2nc3nc(-c4ccccc4)n(O)c3nc2cc1C. The second kappa shape index (κ2) is 4.53. The molecule has 0 aliphatic carbocycles. The van der Waals surface area contributed by atoms with E-state index in [1.54, 1.807) is 0 Å². The molecule has 4 rings (SSSR count). The van der Waals surface area contributed by atoms with E-state index in [2.05, 4.69) is 15.0 Å². The van der Waals surface area contributed by atoms with Crippen molar-refractivity contribution in [2.24, 2.45) is 0 Å². The Morgan fingerprint density at radius 2 is 1.50 bits per heavy atom. The van der Waals surface area contributed by atoms with Crippen LogP contribution in [0.3, 0.4) is 0 Å². The van der Waals surface area contributed by atoms with Crippen molar-refractivity contribution in [3.63, 3.8) is 0 Å². The van der Waals surface area contributed by atoms with E-state index in [1.165, 1.54) is 0 Å². The third kappa shape index (κ3) is 1.83. The Labute approximate surface area is 126 Å². The van der Waals surface area contributed by atoms with Gasteiger partial charge in [-0.3, -0.25) is 0 Å². The molecular formula is C17H14N4O. The number of fused-ring (bicyclic) bond motifs is 2. The summed E-state index contributed by atoms with van der Waals surface area (Å²) in [6.07, 6.45) is 0. The first kappa shape index (κ1) is 12.8. The predicted molar refractivity (Wildman–Crippen MR) is 84.9 cm³/mol. The van der Waals surface area contributed by atoms with Crippen molar-refractivity contribution in [2.75, 3.05) is 0 Å². The molecular weight excluding hydrogens is 276 g/mol. The molecule has 5 heteroatoms. The molecule has 0 saturated carbocycles. The zero-order valence-electron chi connectivity index (χ0n) is 12.3. The van der Waals surface area contributed by atoms with Gasteiger partial charge in [0.2, 0.25) is 11.3 Å². The van der Waals surface area contributed by atoms with E-state index in [9.17, 15) is 5.21 Å². The van der Waals surface area contributed by atoms with Crippen molar-refractivity contribution in [1.82, 2.24) is 19.7 Å². The fourth-order valence-electron chi connectivity index (χ4n) is 2.53. The van der Waals surface area contributed by atoms with Crippen LogP contribution in [0.5, 0.6) is 0 Å². The van der Waals surface area contributed by atoms with Crippen LogP contribution in [0, 0.1) is 13.8 Å². The van der Waals surface area contributed by atoms with Gasteiger partial charge in [-0.1, -0.05) is 30.3 Å². The van der Waals surface area contributed by atoms with Gasteiger partial charge in [-0.05, 0) is 37.1 Å². The molecule has 0 atom stereocenters. The highest BCUT2D eigenvalue weighted by Gasteiger charge is 2.15. The fraction of sp³-hybridized carbons (Fsp3) is 0.118. The lowest BCUT2D eigenvalue weighted by Gasteiger charge is -2.03. The van der Waals surface area contributed by atoms with Crippen molar-refractivity contribution in [2.45, 2.75) is 13.8 Å². The van der Waals surface area contributed by atoms with E-state index in [0.29, 0.717) is 17.1 Å². The third-order valence-corrected chi connectivity index (χ3v) is 3.89. The summed E-state index contributed by atoms with van der Waals surface area (Å²) in [7, 11) is 0. The third-order valence-electron chi connectivity index (χ3n) is 3.89. The summed E-state index contributed by atoms with van der Waals surface area (Å²) in [5.41, 5.74) is 5.48. The number of rotatable bonds is 1. The molecule has 0 aliphatic rings. The molecule has 0 aliphatic heterocycles. The topological polar surface area (TPSA) is 63.8 Å². The van der Waals surface area contributed by atoms with Crippen molar-refractivity contribution in [3.05, 3.63) is 53.6 Å². The number of nitrogens with zero attached hydrogens (tertiary/aromatic N) is 4. The average molecular weight is 290 g/mol. The molecule has 0 bridgehead atoms. The molecule has 0 saturated heterocycles. The van der Waals surface area contributed by atoms with Gasteiger partial charge in [0, 0.05) is 5.56 Å². The minimum atomic E-state index is 0.370. The minimum Gasteiger partial charge on any atom is -0.425 e. The van der Waals surface area contributed by atoms with Crippen molar-refractivity contribution in [3.8, 4) is 11.4 Å². The maximum Gasteiger partial charge on any atom is 0.216 e. The molecule has 108 valence electrons. The van der Waals surface area contributed by atoms with E-state index >= 15 is 0 Å². The van der Waals surface area contributed by atoms with Gasteiger partial charge in [0.15, 0.2) is 5.82 Å². The number of aryl methyl sites for hydroxylation is 2. The van der Waals surface area contributed by atoms with Gasteiger partial charge in [0.25, 0.3) is 0 Å². The van der Waals surface area contributed by atoms with Crippen molar-refractivity contribution < 1.29 is 5.21 Å². The average Bonchev–Trinajstić information content (AvgIpc) is 2.84. The maximum absolute atomic E-state index is 10.4. The van der Waals surface area contributed by atoms with Crippen LogP contribution in [0.4, 0.5) is 0 Å². The molecule has 0 fully saturated rings. The van der Waals surface area contributed by atoms with E-state index in [1.807, 2.05) is 56.3 Å². The maximum atomic E-state index is 10.4. The molecule has 2 heterocycles. The molecule has 0 amide bonds. The van der Waals surface area contributed by atoms with Gasteiger partial charge < -0.3 is 5.21 Å². The highest BCUT2D eigenvalue weighted by Crippen LogP contribution is 2.24. The largest absolute Gasteiger partial charge is 0.425 e. The van der Waals surface area contributed by atoms with Gasteiger partial charge in [0.05, 0.1) is 11.0 Å². The minimum absolute atomic E-state index is 0.370. The monoisotopic (exact) mass is 290 g/mol. The Bertz CT molecular complexity index is 1010.